The first-order valence-electron chi connectivity index (χ1n) is 7.93. The number of thiazole rings is 1. The van der Waals surface area contributed by atoms with Crippen LogP contribution in [0.15, 0.2) is 29.9 Å². The second kappa shape index (κ2) is 6.32. The third kappa shape index (κ3) is 2.80. The summed E-state index contributed by atoms with van der Waals surface area (Å²) in [4.78, 5) is 24.7. The van der Waals surface area contributed by atoms with Gasteiger partial charge in [-0.1, -0.05) is 12.1 Å². The standard InChI is InChI=1S/C19H21N3OS/c1-11-6-7-15-16(8-12(2)21-18(15)13(11)3)19(23)22(5)14(4)17-9-20-10-24-17/h6-10,14H,1-5H3/t14-/m1/s1. The molecule has 1 amide bonds. The van der Waals surface area contributed by atoms with Crippen molar-refractivity contribution >= 4 is 28.1 Å². The van der Waals surface area contributed by atoms with E-state index in [1.165, 1.54) is 5.56 Å². The van der Waals surface area contributed by atoms with Crippen LogP contribution in [0.1, 0.15) is 45.0 Å². The first-order chi connectivity index (χ1) is 11.4. The Morgan fingerprint density at radius 2 is 2.00 bits per heavy atom. The zero-order valence-corrected chi connectivity index (χ0v) is 15.4. The Balaban J connectivity index is 2.08. The summed E-state index contributed by atoms with van der Waals surface area (Å²) in [5.74, 6) is 0.00894. The summed E-state index contributed by atoms with van der Waals surface area (Å²) in [6.07, 6.45) is 1.82. The minimum Gasteiger partial charge on any atom is -0.334 e. The van der Waals surface area contributed by atoms with Crippen molar-refractivity contribution in [3.63, 3.8) is 0 Å². The first kappa shape index (κ1) is 16.6. The summed E-state index contributed by atoms with van der Waals surface area (Å²) >= 11 is 1.57. The van der Waals surface area contributed by atoms with E-state index in [1.807, 2.05) is 39.2 Å². The van der Waals surface area contributed by atoms with Crippen LogP contribution >= 0.6 is 11.3 Å². The lowest BCUT2D eigenvalue weighted by molar-refractivity contribution is 0.0746. The van der Waals surface area contributed by atoms with Crippen LogP contribution in [0.2, 0.25) is 0 Å². The number of aryl methyl sites for hydroxylation is 3. The number of amides is 1. The average Bonchev–Trinajstić information content (AvgIpc) is 3.10. The van der Waals surface area contributed by atoms with Gasteiger partial charge in [-0.25, -0.2) is 0 Å². The molecule has 0 unspecified atom stereocenters. The van der Waals surface area contributed by atoms with Gasteiger partial charge in [-0.3, -0.25) is 14.8 Å². The molecule has 0 aliphatic heterocycles. The van der Waals surface area contributed by atoms with Crippen molar-refractivity contribution in [2.24, 2.45) is 0 Å². The van der Waals surface area contributed by atoms with Crippen LogP contribution in [0.5, 0.6) is 0 Å². The Kier molecular flexibility index (Phi) is 4.37. The predicted molar refractivity (Wildman–Crippen MR) is 98.6 cm³/mol. The molecule has 0 spiro atoms. The van der Waals surface area contributed by atoms with Gasteiger partial charge in [-0.15, -0.1) is 11.3 Å². The molecule has 0 fully saturated rings. The number of rotatable bonds is 3. The molecule has 3 rings (SSSR count). The number of carbonyl (C=O) groups is 1. The van der Waals surface area contributed by atoms with E-state index in [4.69, 9.17) is 0 Å². The second-order valence-corrected chi connectivity index (χ2v) is 7.13. The molecule has 0 N–H and O–H groups in total. The summed E-state index contributed by atoms with van der Waals surface area (Å²) in [5, 5.41) is 0.914. The van der Waals surface area contributed by atoms with E-state index in [9.17, 15) is 4.79 Å². The summed E-state index contributed by atoms with van der Waals surface area (Å²) in [6, 6.07) is 5.93. The maximum atomic E-state index is 13.1. The van der Waals surface area contributed by atoms with E-state index in [2.05, 4.69) is 29.9 Å². The lowest BCUT2D eigenvalue weighted by Crippen LogP contribution is -2.29. The molecule has 2 aromatic heterocycles. The molecule has 0 radical (unpaired) electrons. The molecule has 0 aliphatic rings. The summed E-state index contributed by atoms with van der Waals surface area (Å²) in [6.45, 7) is 8.09. The van der Waals surface area contributed by atoms with Gasteiger partial charge in [0.15, 0.2) is 0 Å². The number of fused-ring (bicyclic) bond motifs is 1. The fraction of sp³-hybridized carbons (Fsp3) is 0.316. The quantitative estimate of drug-likeness (QED) is 0.708. The Morgan fingerprint density at radius 1 is 1.25 bits per heavy atom. The molecular formula is C19H21N3OS. The van der Waals surface area contributed by atoms with Gasteiger partial charge in [-0.05, 0) is 44.9 Å². The van der Waals surface area contributed by atoms with Crippen LogP contribution in [0.3, 0.4) is 0 Å². The molecule has 2 heterocycles. The Morgan fingerprint density at radius 3 is 2.67 bits per heavy atom. The van der Waals surface area contributed by atoms with Crippen molar-refractivity contribution in [3.8, 4) is 0 Å². The van der Waals surface area contributed by atoms with Gasteiger partial charge < -0.3 is 4.90 Å². The lowest BCUT2D eigenvalue weighted by atomic mass is 10.00. The number of hydrogen-bond donors (Lipinski definition) is 0. The molecule has 124 valence electrons. The highest BCUT2D eigenvalue weighted by atomic mass is 32.1. The van der Waals surface area contributed by atoms with Crippen LogP contribution in [0.25, 0.3) is 10.9 Å². The average molecular weight is 339 g/mol. The zero-order valence-electron chi connectivity index (χ0n) is 14.6. The normalized spacial score (nSPS) is 12.4. The van der Waals surface area contributed by atoms with E-state index < -0.39 is 0 Å². The van der Waals surface area contributed by atoms with Crippen molar-refractivity contribution in [3.05, 3.63) is 57.2 Å². The third-order valence-electron chi connectivity index (χ3n) is 4.63. The highest BCUT2D eigenvalue weighted by Gasteiger charge is 2.22. The highest BCUT2D eigenvalue weighted by Crippen LogP contribution is 2.28. The van der Waals surface area contributed by atoms with Gasteiger partial charge in [0, 0.05) is 29.2 Å². The number of hydrogen-bond acceptors (Lipinski definition) is 4. The highest BCUT2D eigenvalue weighted by molar-refractivity contribution is 7.09. The topological polar surface area (TPSA) is 46.1 Å². The van der Waals surface area contributed by atoms with Gasteiger partial charge >= 0.3 is 0 Å². The molecule has 1 aromatic carbocycles. The molecule has 0 saturated heterocycles. The molecular weight excluding hydrogens is 318 g/mol. The van der Waals surface area contributed by atoms with Gasteiger partial charge in [0.25, 0.3) is 5.91 Å². The smallest absolute Gasteiger partial charge is 0.254 e. The Hall–Kier alpha value is -2.27. The van der Waals surface area contributed by atoms with E-state index in [-0.39, 0.29) is 11.9 Å². The number of aromatic nitrogens is 2. The zero-order chi connectivity index (χ0) is 17.4. The summed E-state index contributed by atoms with van der Waals surface area (Å²) in [5.41, 5.74) is 6.59. The Bertz CT molecular complexity index is 903. The minimum atomic E-state index is -0.0138. The molecule has 3 aromatic rings. The van der Waals surface area contributed by atoms with Gasteiger partial charge in [-0.2, -0.15) is 0 Å². The second-order valence-electron chi connectivity index (χ2n) is 6.21. The maximum absolute atomic E-state index is 13.1. The van der Waals surface area contributed by atoms with Crippen molar-refractivity contribution < 1.29 is 4.79 Å². The van der Waals surface area contributed by atoms with E-state index in [1.54, 1.807) is 21.7 Å². The molecule has 4 nitrogen and oxygen atoms in total. The van der Waals surface area contributed by atoms with Crippen molar-refractivity contribution in [2.45, 2.75) is 33.7 Å². The lowest BCUT2D eigenvalue weighted by Gasteiger charge is -2.24. The number of pyridine rings is 1. The largest absolute Gasteiger partial charge is 0.334 e. The van der Waals surface area contributed by atoms with Crippen LogP contribution in [-0.2, 0) is 0 Å². The summed E-state index contributed by atoms with van der Waals surface area (Å²) < 4.78 is 0. The number of nitrogens with zero attached hydrogens (tertiary/aromatic N) is 3. The van der Waals surface area contributed by atoms with Crippen molar-refractivity contribution in [1.29, 1.82) is 0 Å². The molecule has 24 heavy (non-hydrogen) atoms. The van der Waals surface area contributed by atoms with Crippen molar-refractivity contribution in [2.75, 3.05) is 7.05 Å². The van der Waals surface area contributed by atoms with Gasteiger partial charge in [0.1, 0.15) is 0 Å². The van der Waals surface area contributed by atoms with Crippen LogP contribution in [-0.4, -0.2) is 27.8 Å². The van der Waals surface area contributed by atoms with E-state index >= 15 is 0 Å². The SMILES string of the molecule is Cc1cc(C(=O)N(C)[C@H](C)c2cncs2)c2ccc(C)c(C)c2n1. The predicted octanol–water partition coefficient (Wildman–Crippen LogP) is 4.45. The molecule has 0 aliphatic carbocycles. The van der Waals surface area contributed by atoms with Crippen LogP contribution < -0.4 is 0 Å². The first-order valence-corrected chi connectivity index (χ1v) is 8.81. The van der Waals surface area contributed by atoms with E-state index in [0.717, 1.165) is 27.0 Å². The van der Waals surface area contributed by atoms with Gasteiger partial charge in [0.05, 0.1) is 22.6 Å². The number of benzene rings is 1. The molecule has 0 saturated carbocycles. The molecule has 0 bridgehead atoms. The Labute approximate surface area is 146 Å². The number of carbonyl (C=O) groups excluding carboxylic acids is 1. The monoisotopic (exact) mass is 339 g/mol. The third-order valence-corrected chi connectivity index (χ3v) is 5.57. The molecule has 5 heteroatoms. The fourth-order valence-corrected chi connectivity index (χ4v) is 3.54. The van der Waals surface area contributed by atoms with Crippen LogP contribution in [0, 0.1) is 20.8 Å². The minimum absolute atomic E-state index is 0.00894. The van der Waals surface area contributed by atoms with E-state index in [0.29, 0.717) is 5.56 Å². The van der Waals surface area contributed by atoms with Crippen molar-refractivity contribution in [1.82, 2.24) is 14.9 Å². The molecule has 1 atom stereocenters. The fourth-order valence-electron chi connectivity index (χ4n) is 2.82. The maximum Gasteiger partial charge on any atom is 0.254 e. The summed E-state index contributed by atoms with van der Waals surface area (Å²) in [7, 11) is 1.84. The van der Waals surface area contributed by atoms with Crippen LogP contribution in [0.4, 0.5) is 0 Å². The van der Waals surface area contributed by atoms with Gasteiger partial charge in [0.2, 0.25) is 0 Å².